The number of carbonyl (C=O) groups excluding carboxylic acids is 3. The predicted octanol–water partition coefficient (Wildman–Crippen LogP) is -1.41. The molecule has 36 heavy (non-hydrogen) atoms. The molecule has 0 spiro atoms. The van der Waals surface area contributed by atoms with E-state index in [1.54, 1.807) is 0 Å². The van der Waals surface area contributed by atoms with E-state index in [1.165, 1.54) is 4.90 Å². The average molecular weight is 513 g/mol. The van der Waals surface area contributed by atoms with Gasteiger partial charge in [-0.2, -0.15) is 0 Å². The maximum atomic E-state index is 13.2. The molecule has 4 atom stereocenters. The normalized spacial score (nSPS) is 17.8. The van der Waals surface area contributed by atoms with Gasteiger partial charge in [0.2, 0.25) is 17.7 Å². The Hall–Kier alpha value is -2.93. The van der Waals surface area contributed by atoms with E-state index in [0.717, 1.165) is 6.42 Å². The van der Waals surface area contributed by atoms with Gasteiger partial charge in [-0.05, 0) is 57.4 Å². The first kappa shape index (κ1) is 31.1. The van der Waals surface area contributed by atoms with Crippen molar-refractivity contribution in [2.24, 2.45) is 33.8 Å². The van der Waals surface area contributed by atoms with Gasteiger partial charge in [-0.25, -0.2) is 4.79 Å². The fourth-order valence-corrected chi connectivity index (χ4v) is 4.15. The molecule has 0 saturated carbocycles. The first-order valence-corrected chi connectivity index (χ1v) is 12.6. The lowest BCUT2D eigenvalue weighted by Gasteiger charge is -2.29. The van der Waals surface area contributed by atoms with Crippen molar-refractivity contribution in [3.05, 3.63) is 0 Å². The highest BCUT2D eigenvalue weighted by Gasteiger charge is 2.37. The second-order valence-electron chi connectivity index (χ2n) is 9.62. The highest BCUT2D eigenvalue weighted by atomic mass is 16.4. The topological polar surface area (TPSA) is 232 Å². The van der Waals surface area contributed by atoms with Gasteiger partial charge in [0.15, 0.2) is 5.96 Å². The molecule has 206 valence electrons. The van der Waals surface area contributed by atoms with E-state index in [-0.39, 0.29) is 37.2 Å². The smallest absolute Gasteiger partial charge is 0.326 e. The third-order valence-corrected chi connectivity index (χ3v) is 6.02. The van der Waals surface area contributed by atoms with Crippen LogP contribution in [0.4, 0.5) is 0 Å². The van der Waals surface area contributed by atoms with Crippen molar-refractivity contribution in [3.8, 4) is 0 Å². The van der Waals surface area contributed by atoms with Crippen LogP contribution >= 0.6 is 0 Å². The van der Waals surface area contributed by atoms with Crippen molar-refractivity contribution in [2.75, 3.05) is 19.6 Å². The van der Waals surface area contributed by atoms with Gasteiger partial charge in [0, 0.05) is 13.1 Å². The van der Waals surface area contributed by atoms with Crippen LogP contribution in [0.5, 0.6) is 0 Å². The summed E-state index contributed by atoms with van der Waals surface area (Å²) in [7, 11) is 0. The predicted molar refractivity (Wildman–Crippen MR) is 136 cm³/mol. The Kier molecular flexibility index (Phi) is 13.8. The monoisotopic (exact) mass is 512 g/mol. The zero-order valence-corrected chi connectivity index (χ0v) is 21.4. The number of aliphatic imine (C=N–C) groups is 1. The summed E-state index contributed by atoms with van der Waals surface area (Å²) in [6.07, 6.45) is 3.82. The molecule has 3 amide bonds. The first-order valence-electron chi connectivity index (χ1n) is 12.6. The molecule has 4 unspecified atom stereocenters. The van der Waals surface area contributed by atoms with Crippen LogP contribution in [0.15, 0.2) is 4.99 Å². The fourth-order valence-electron chi connectivity index (χ4n) is 4.15. The summed E-state index contributed by atoms with van der Waals surface area (Å²) in [4.78, 5) is 56.0. The lowest BCUT2D eigenvalue weighted by atomic mass is 10.0. The molecule has 13 nitrogen and oxygen atoms in total. The van der Waals surface area contributed by atoms with Gasteiger partial charge in [-0.1, -0.05) is 20.3 Å². The molecule has 1 heterocycles. The third kappa shape index (κ3) is 10.8. The summed E-state index contributed by atoms with van der Waals surface area (Å²) >= 11 is 0. The zero-order valence-electron chi connectivity index (χ0n) is 21.4. The number of unbranched alkanes of at least 4 members (excludes halogenated alkanes) is 1. The van der Waals surface area contributed by atoms with Gasteiger partial charge in [-0.3, -0.25) is 19.4 Å². The summed E-state index contributed by atoms with van der Waals surface area (Å²) in [5, 5.41) is 14.7. The van der Waals surface area contributed by atoms with E-state index in [2.05, 4.69) is 15.6 Å². The van der Waals surface area contributed by atoms with Gasteiger partial charge in [0.25, 0.3) is 0 Å². The zero-order chi connectivity index (χ0) is 27.3. The number of carbonyl (C=O) groups is 4. The summed E-state index contributed by atoms with van der Waals surface area (Å²) in [6.45, 7) is 4.86. The molecule has 1 aliphatic rings. The maximum absolute atomic E-state index is 13.2. The van der Waals surface area contributed by atoms with Gasteiger partial charge in [-0.15, -0.1) is 0 Å². The number of likely N-dealkylation sites (tertiary alicyclic amines) is 1. The second kappa shape index (κ2) is 15.9. The number of nitrogens with two attached hydrogens (primary N) is 4. The van der Waals surface area contributed by atoms with Crippen LogP contribution in [0.1, 0.15) is 65.2 Å². The Balaban J connectivity index is 2.92. The molecule has 0 radical (unpaired) electrons. The van der Waals surface area contributed by atoms with E-state index < -0.39 is 42.0 Å². The van der Waals surface area contributed by atoms with E-state index in [0.29, 0.717) is 45.2 Å². The van der Waals surface area contributed by atoms with Gasteiger partial charge >= 0.3 is 5.97 Å². The molecular weight excluding hydrogens is 468 g/mol. The van der Waals surface area contributed by atoms with Crippen molar-refractivity contribution in [1.82, 2.24) is 15.5 Å². The molecule has 1 rings (SSSR count). The summed E-state index contributed by atoms with van der Waals surface area (Å²) in [5.74, 6) is -2.61. The summed E-state index contributed by atoms with van der Waals surface area (Å²) < 4.78 is 0. The minimum absolute atomic E-state index is 0.0356. The molecule has 13 heteroatoms. The van der Waals surface area contributed by atoms with Gasteiger partial charge in [0.05, 0.1) is 6.04 Å². The maximum Gasteiger partial charge on any atom is 0.326 e. The standard InChI is InChI=1S/C23H44N8O5/c1-14(2)13-17(22(35)36)30-19(32)16(8-5-11-28-23(26)27)29-20(33)18-9-6-12-31(18)21(34)15(25)7-3-4-10-24/h14-18H,3-13,24-25H2,1-2H3,(H,29,33)(H,30,32)(H,35,36)(H4,26,27,28). The van der Waals surface area contributed by atoms with Crippen LogP contribution in [0.25, 0.3) is 0 Å². The minimum Gasteiger partial charge on any atom is -0.480 e. The number of aliphatic carboxylic acids is 1. The molecule has 0 aromatic heterocycles. The Labute approximate surface area is 212 Å². The number of guanidine groups is 1. The molecule has 1 aliphatic heterocycles. The summed E-state index contributed by atoms with van der Waals surface area (Å²) in [5.41, 5.74) is 22.2. The third-order valence-electron chi connectivity index (χ3n) is 6.02. The Bertz CT molecular complexity index is 772. The molecule has 11 N–H and O–H groups in total. The number of hydrogen-bond donors (Lipinski definition) is 7. The van der Waals surface area contributed by atoms with Gasteiger partial charge in [0.1, 0.15) is 18.1 Å². The Morgan fingerprint density at radius 3 is 2.33 bits per heavy atom. The van der Waals surface area contributed by atoms with E-state index in [1.807, 2.05) is 13.8 Å². The molecule has 0 aromatic carbocycles. The van der Waals surface area contributed by atoms with Crippen LogP contribution in [0, 0.1) is 5.92 Å². The van der Waals surface area contributed by atoms with Crippen LogP contribution < -0.4 is 33.6 Å². The fraction of sp³-hybridized carbons (Fsp3) is 0.783. The number of carboxylic acid groups (broad SMARTS) is 1. The lowest BCUT2D eigenvalue weighted by molar-refractivity contribution is -0.143. The number of hydrogen-bond acceptors (Lipinski definition) is 7. The Morgan fingerprint density at radius 1 is 1.06 bits per heavy atom. The van der Waals surface area contributed by atoms with Crippen LogP contribution in [-0.4, -0.2) is 83.5 Å². The van der Waals surface area contributed by atoms with E-state index in [4.69, 9.17) is 22.9 Å². The molecule has 1 fully saturated rings. The quantitative estimate of drug-likeness (QED) is 0.0729. The number of nitrogens with zero attached hydrogens (tertiary/aromatic N) is 2. The molecule has 0 bridgehead atoms. The largest absolute Gasteiger partial charge is 0.480 e. The number of carboxylic acids is 1. The minimum atomic E-state index is -1.15. The lowest BCUT2D eigenvalue weighted by Crippen LogP contribution is -2.56. The van der Waals surface area contributed by atoms with Crippen molar-refractivity contribution in [3.63, 3.8) is 0 Å². The molecule has 0 aliphatic carbocycles. The molecule has 0 aromatic rings. The SMILES string of the molecule is CC(C)CC(NC(=O)C(CCCN=C(N)N)NC(=O)C1CCCN1C(=O)C(N)CCCCN)C(=O)O. The number of nitrogens with one attached hydrogen (secondary N) is 2. The first-order chi connectivity index (χ1) is 17.0. The van der Waals surface area contributed by atoms with Crippen LogP contribution in [0.2, 0.25) is 0 Å². The van der Waals surface area contributed by atoms with Crippen molar-refractivity contribution >= 4 is 29.7 Å². The highest BCUT2D eigenvalue weighted by Crippen LogP contribution is 2.20. The van der Waals surface area contributed by atoms with Crippen LogP contribution in [0.3, 0.4) is 0 Å². The van der Waals surface area contributed by atoms with Crippen LogP contribution in [-0.2, 0) is 19.2 Å². The van der Waals surface area contributed by atoms with E-state index in [9.17, 15) is 24.3 Å². The number of rotatable bonds is 16. The average Bonchev–Trinajstić information content (AvgIpc) is 3.29. The van der Waals surface area contributed by atoms with E-state index >= 15 is 0 Å². The molecule has 1 saturated heterocycles. The molecular formula is C23H44N8O5. The van der Waals surface area contributed by atoms with Crippen molar-refractivity contribution in [1.29, 1.82) is 0 Å². The van der Waals surface area contributed by atoms with Gasteiger partial charge < -0.3 is 43.6 Å². The summed E-state index contributed by atoms with van der Waals surface area (Å²) in [6, 6.07) is -3.59. The second-order valence-corrected chi connectivity index (χ2v) is 9.62. The Morgan fingerprint density at radius 2 is 1.75 bits per heavy atom. The van der Waals surface area contributed by atoms with Crippen molar-refractivity contribution in [2.45, 2.75) is 89.4 Å². The van der Waals surface area contributed by atoms with Crippen molar-refractivity contribution < 1.29 is 24.3 Å². The highest BCUT2D eigenvalue weighted by molar-refractivity contribution is 5.94. The number of amides is 3.